The van der Waals surface area contributed by atoms with Crippen molar-refractivity contribution in [3.63, 3.8) is 0 Å². The van der Waals surface area contributed by atoms with E-state index >= 15 is 0 Å². The molecule has 0 radical (unpaired) electrons. The van der Waals surface area contributed by atoms with Gasteiger partial charge >= 0.3 is 0 Å². The number of nitro groups is 1. The zero-order valence-corrected chi connectivity index (χ0v) is 8.73. The van der Waals surface area contributed by atoms with Crippen molar-refractivity contribution in [3.8, 4) is 5.75 Å². The predicted molar refractivity (Wildman–Crippen MR) is 58.4 cm³/mol. The van der Waals surface area contributed by atoms with Crippen LogP contribution in [0, 0.1) is 10.1 Å². The van der Waals surface area contributed by atoms with Gasteiger partial charge in [0.2, 0.25) is 0 Å². The first-order chi connectivity index (χ1) is 7.15. The fourth-order valence-electron chi connectivity index (χ4n) is 1.10. The van der Waals surface area contributed by atoms with Gasteiger partial charge in [-0.2, -0.15) is 0 Å². The van der Waals surface area contributed by atoms with E-state index in [0.717, 1.165) is 5.46 Å². The highest BCUT2D eigenvalue weighted by molar-refractivity contribution is 6.34. The average Bonchev–Trinajstić information content (AvgIpc) is 2.20. The summed E-state index contributed by atoms with van der Waals surface area (Å²) in [6.07, 6.45) is 0. The maximum atomic E-state index is 10.5. The molecule has 0 saturated heterocycles. The van der Waals surface area contributed by atoms with Gasteiger partial charge in [0.15, 0.2) is 6.79 Å². The number of benzene rings is 1. The molecule has 0 spiro atoms. The highest BCUT2D eigenvalue weighted by Crippen LogP contribution is 2.14. The largest absolute Gasteiger partial charge is 0.468 e. The molecule has 0 N–H and O–H groups in total. The number of ether oxygens (including phenoxy) is 2. The first kappa shape index (κ1) is 11.5. The summed E-state index contributed by atoms with van der Waals surface area (Å²) in [7, 11) is 1.76. The Morgan fingerprint density at radius 2 is 2.27 bits per heavy atom. The molecule has 1 aromatic carbocycles. The van der Waals surface area contributed by atoms with E-state index in [4.69, 9.17) is 9.47 Å². The number of hydrogen-bond donors (Lipinski definition) is 0. The lowest BCUT2D eigenvalue weighted by Gasteiger charge is -2.08. The van der Waals surface area contributed by atoms with Gasteiger partial charge in [-0.3, -0.25) is 10.1 Å². The molecule has 0 saturated carbocycles. The highest BCUT2D eigenvalue weighted by Gasteiger charge is 2.08. The van der Waals surface area contributed by atoms with Crippen molar-refractivity contribution in [2.45, 2.75) is 6.92 Å². The SMILES string of the molecule is Bc1cc([N+](=O)[O-])ccc1OCOCC. The Morgan fingerprint density at radius 3 is 2.80 bits per heavy atom. The van der Waals surface area contributed by atoms with Crippen molar-refractivity contribution in [1.82, 2.24) is 0 Å². The Kier molecular flexibility index (Phi) is 4.11. The summed E-state index contributed by atoms with van der Waals surface area (Å²) in [5.41, 5.74) is 0.792. The molecule has 1 rings (SSSR count). The molecule has 0 atom stereocenters. The second-order valence-corrected chi connectivity index (χ2v) is 2.96. The van der Waals surface area contributed by atoms with Crippen LogP contribution in [0.4, 0.5) is 5.69 Å². The molecule has 5 nitrogen and oxygen atoms in total. The van der Waals surface area contributed by atoms with Crippen LogP contribution in [-0.4, -0.2) is 26.2 Å². The van der Waals surface area contributed by atoms with Gasteiger partial charge in [0.1, 0.15) is 13.6 Å². The minimum Gasteiger partial charge on any atom is -0.468 e. The van der Waals surface area contributed by atoms with E-state index in [0.29, 0.717) is 12.4 Å². The Bertz CT molecular complexity index is 356. The molecule has 0 amide bonds. The fraction of sp³-hybridized carbons (Fsp3) is 0.333. The zero-order chi connectivity index (χ0) is 11.3. The van der Waals surface area contributed by atoms with Crippen LogP contribution in [0.5, 0.6) is 5.75 Å². The third kappa shape index (κ3) is 3.25. The Labute approximate surface area is 88.6 Å². The summed E-state index contributed by atoms with van der Waals surface area (Å²) in [4.78, 5) is 10.0. The molecule has 80 valence electrons. The second-order valence-electron chi connectivity index (χ2n) is 2.96. The molecule has 0 aliphatic heterocycles. The molecule has 6 heteroatoms. The normalized spacial score (nSPS) is 9.93. The van der Waals surface area contributed by atoms with E-state index < -0.39 is 4.92 Å². The Hall–Kier alpha value is -1.56. The quantitative estimate of drug-likeness (QED) is 0.229. The number of nitrogens with zero attached hydrogens (tertiary/aromatic N) is 1. The van der Waals surface area contributed by atoms with Crippen LogP contribution >= 0.6 is 0 Å². The van der Waals surface area contributed by atoms with Gasteiger partial charge in [-0.25, -0.2) is 0 Å². The van der Waals surface area contributed by atoms with E-state index in [1.54, 1.807) is 13.9 Å². The first-order valence-electron chi connectivity index (χ1n) is 4.60. The summed E-state index contributed by atoms with van der Waals surface area (Å²) in [5.74, 6) is 0.606. The van der Waals surface area contributed by atoms with Crippen LogP contribution in [-0.2, 0) is 4.74 Å². The van der Waals surface area contributed by atoms with Gasteiger partial charge in [0.25, 0.3) is 5.69 Å². The van der Waals surface area contributed by atoms with Crippen molar-refractivity contribution in [2.24, 2.45) is 0 Å². The molecule has 0 heterocycles. The summed E-state index contributed by atoms with van der Waals surface area (Å²) in [6, 6.07) is 4.46. The lowest BCUT2D eigenvalue weighted by molar-refractivity contribution is -0.384. The Balaban J connectivity index is 2.70. The van der Waals surface area contributed by atoms with Gasteiger partial charge in [0, 0.05) is 18.7 Å². The van der Waals surface area contributed by atoms with Crippen LogP contribution in [0.25, 0.3) is 0 Å². The molecule has 1 aromatic rings. The van der Waals surface area contributed by atoms with E-state index in [1.165, 1.54) is 12.1 Å². The van der Waals surface area contributed by atoms with E-state index in [-0.39, 0.29) is 12.5 Å². The van der Waals surface area contributed by atoms with Crippen molar-refractivity contribution >= 4 is 19.0 Å². The Morgan fingerprint density at radius 1 is 1.53 bits per heavy atom. The number of non-ortho nitro benzene ring substituents is 1. The van der Waals surface area contributed by atoms with E-state index in [2.05, 4.69) is 0 Å². The summed E-state index contributed by atoms with van der Waals surface area (Å²) in [6.45, 7) is 2.60. The third-order valence-electron chi connectivity index (χ3n) is 1.87. The molecular formula is C9H12BNO4. The summed E-state index contributed by atoms with van der Waals surface area (Å²) < 4.78 is 10.3. The number of nitro benzene ring substituents is 1. The molecule has 0 aliphatic carbocycles. The van der Waals surface area contributed by atoms with Crippen molar-refractivity contribution in [2.75, 3.05) is 13.4 Å². The van der Waals surface area contributed by atoms with Crippen molar-refractivity contribution in [3.05, 3.63) is 28.3 Å². The molecule has 0 aromatic heterocycles. The first-order valence-corrected chi connectivity index (χ1v) is 4.60. The summed E-state index contributed by atoms with van der Waals surface area (Å²) in [5, 5.41) is 10.5. The summed E-state index contributed by atoms with van der Waals surface area (Å²) >= 11 is 0. The van der Waals surface area contributed by atoms with Gasteiger partial charge in [-0.15, -0.1) is 0 Å². The lowest BCUT2D eigenvalue weighted by Crippen LogP contribution is -2.12. The molecule has 0 aliphatic rings. The maximum absolute atomic E-state index is 10.5. The van der Waals surface area contributed by atoms with E-state index in [1.807, 2.05) is 6.92 Å². The van der Waals surface area contributed by atoms with Gasteiger partial charge in [0.05, 0.1) is 4.92 Å². The van der Waals surface area contributed by atoms with Crippen LogP contribution in [0.15, 0.2) is 18.2 Å². The lowest BCUT2D eigenvalue weighted by atomic mass is 9.94. The second kappa shape index (κ2) is 5.36. The van der Waals surface area contributed by atoms with Gasteiger partial charge in [-0.05, 0) is 18.5 Å². The minimum absolute atomic E-state index is 0.0660. The van der Waals surface area contributed by atoms with Gasteiger partial charge < -0.3 is 9.47 Å². The highest BCUT2D eigenvalue weighted by atomic mass is 16.7. The minimum atomic E-state index is -0.431. The fourth-order valence-corrected chi connectivity index (χ4v) is 1.10. The van der Waals surface area contributed by atoms with Crippen LogP contribution < -0.4 is 10.2 Å². The monoisotopic (exact) mass is 209 g/mol. The molecule has 15 heavy (non-hydrogen) atoms. The maximum Gasteiger partial charge on any atom is 0.269 e. The van der Waals surface area contributed by atoms with Crippen LogP contribution in [0.3, 0.4) is 0 Å². The molecular weight excluding hydrogens is 197 g/mol. The zero-order valence-electron chi connectivity index (χ0n) is 8.73. The number of rotatable bonds is 5. The molecule has 0 bridgehead atoms. The van der Waals surface area contributed by atoms with Crippen molar-refractivity contribution < 1.29 is 14.4 Å². The van der Waals surface area contributed by atoms with Crippen LogP contribution in [0.1, 0.15) is 6.92 Å². The van der Waals surface area contributed by atoms with Crippen LogP contribution in [0.2, 0.25) is 0 Å². The van der Waals surface area contributed by atoms with Gasteiger partial charge in [-0.1, -0.05) is 0 Å². The molecule has 0 fully saturated rings. The predicted octanol–water partition coefficient (Wildman–Crippen LogP) is 0.226. The third-order valence-corrected chi connectivity index (χ3v) is 1.87. The standard InChI is InChI=1S/C9H12BNO4/c1-2-14-6-15-9-4-3-7(11(12)13)5-8(9)10/h3-5H,2,6,10H2,1H3. The smallest absolute Gasteiger partial charge is 0.269 e. The number of hydrogen-bond acceptors (Lipinski definition) is 4. The van der Waals surface area contributed by atoms with Crippen molar-refractivity contribution in [1.29, 1.82) is 0 Å². The van der Waals surface area contributed by atoms with E-state index in [9.17, 15) is 10.1 Å². The molecule has 0 unspecified atom stereocenters. The average molecular weight is 209 g/mol. The topological polar surface area (TPSA) is 61.6 Å².